The standard InChI is InChI=1S/C17H27N7O3S/c1-13-18-19-15-5-6-16(20-24(13)15)22-9-14(10-22)21(2)11-17(25)7-4-8-23(12-17)28(3,26)27/h5-6,14,25H,4,7-12H2,1-3H3. The summed E-state index contributed by atoms with van der Waals surface area (Å²) in [6, 6.07) is 4.14. The number of β-amino-alcohol motifs (C(OH)–C–C–N with tert-alkyl or cyclic N) is 1. The van der Waals surface area contributed by atoms with Crippen molar-refractivity contribution in [1.82, 2.24) is 29.0 Å². The van der Waals surface area contributed by atoms with Crippen LogP contribution < -0.4 is 4.90 Å². The lowest BCUT2D eigenvalue weighted by Gasteiger charge is -2.48. The fraction of sp³-hybridized carbons (Fsp3) is 0.706. The second-order valence-electron chi connectivity index (χ2n) is 8.11. The van der Waals surface area contributed by atoms with Gasteiger partial charge in [-0.05, 0) is 38.9 Å². The molecule has 4 rings (SSSR count). The molecule has 2 aromatic rings. The van der Waals surface area contributed by atoms with Crippen LogP contribution in [0.2, 0.25) is 0 Å². The Bertz CT molecular complexity index is 972. The van der Waals surface area contributed by atoms with Gasteiger partial charge < -0.3 is 10.0 Å². The summed E-state index contributed by atoms with van der Waals surface area (Å²) in [5, 5.41) is 23.6. The third kappa shape index (κ3) is 3.71. The molecule has 154 valence electrons. The number of hydrogen-bond acceptors (Lipinski definition) is 8. The van der Waals surface area contributed by atoms with Gasteiger partial charge in [0.2, 0.25) is 10.0 Å². The summed E-state index contributed by atoms with van der Waals surface area (Å²) >= 11 is 0. The normalized spacial score (nSPS) is 24.8. The van der Waals surface area contributed by atoms with Crippen molar-refractivity contribution < 1.29 is 13.5 Å². The van der Waals surface area contributed by atoms with E-state index in [2.05, 4.69) is 25.1 Å². The Morgan fingerprint density at radius 2 is 2.07 bits per heavy atom. The average Bonchev–Trinajstić information content (AvgIpc) is 2.93. The molecule has 0 aliphatic carbocycles. The van der Waals surface area contributed by atoms with E-state index in [1.54, 1.807) is 4.52 Å². The zero-order valence-corrected chi connectivity index (χ0v) is 17.3. The molecule has 10 nitrogen and oxygen atoms in total. The molecule has 11 heteroatoms. The monoisotopic (exact) mass is 409 g/mol. The number of aromatic nitrogens is 4. The lowest BCUT2D eigenvalue weighted by atomic mass is 9.92. The van der Waals surface area contributed by atoms with Crippen LogP contribution in [-0.4, -0.2) is 100 Å². The van der Waals surface area contributed by atoms with Crippen molar-refractivity contribution in [2.24, 2.45) is 0 Å². The van der Waals surface area contributed by atoms with E-state index in [1.807, 2.05) is 26.1 Å². The molecule has 1 N–H and O–H groups in total. The fourth-order valence-electron chi connectivity index (χ4n) is 4.05. The minimum Gasteiger partial charge on any atom is -0.387 e. The maximum absolute atomic E-state index is 11.8. The zero-order chi connectivity index (χ0) is 20.1. The van der Waals surface area contributed by atoms with Crippen LogP contribution in [0.5, 0.6) is 0 Å². The van der Waals surface area contributed by atoms with Gasteiger partial charge in [0.05, 0.1) is 11.9 Å². The minimum atomic E-state index is -3.28. The van der Waals surface area contributed by atoms with Crippen LogP contribution in [0.3, 0.4) is 0 Å². The minimum absolute atomic E-state index is 0.164. The van der Waals surface area contributed by atoms with Gasteiger partial charge in [-0.15, -0.1) is 15.3 Å². The van der Waals surface area contributed by atoms with E-state index in [4.69, 9.17) is 0 Å². The summed E-state index contributed by atoms with van der Waals surface area (Å²) in [6.45, 7) is 4.59. The van der Waals surface area contributed by atoms with Gasteiger partial charge >= 0.3 is 0 Å². The van der Waals surface area contributed by atoms with Gasteiger partial charge in [-0.25, -0.2) is 8.42 Å². The summed E-state index contributed by atoms with van der Waals surface area (Å²) in [4.78, 5) is 4.30. The maximum Gasteiger partial charge on any atom is 0.211 e. The topological polar surface area (TPSA) is 107 Å². The van der Waals surface area contributed by atoms with Crippen LogP contribution in [0.25, 0.3) is 5.65 Å². The van der Waals surface area contributed by atoms with Crippen LogP contribution in [0, 0.1) is 6.92 Å². The molecular formula is C17H27N7O3S. The summed E-state index contributed by atoms with van der Waals surface area (Å²) in [6.07, 6.45) is 2.49. The maximum atomic E-state index is 11.8. The number of aryl methyl sites for hydroxylation is 1. The molecule has 1 unspecified atom stereocenters. The van der Waals surface area contributed by atoms with E-state index in [0.29, 0.717) is 25.9 Å². The lowest BCUT2D eigenvalue weighted by Crippen LogP contribution is -2.63. The molecule has 0 saturated carbocycles. The van der Waals surface area contributed by atoms with Crippen LogP contribution in [0.4, 0.5) is 5.82 Å². The molecule has 2 aromatic heterocycles. The number of aliphatic hydroxyl groups is 1. The number of piperidine rings is 1. The summed E-state index contributed by atoms with van der Waals surface area (Å²) in [7, 11) is -1.29. The molecule has 0 aromatic carbocycles. The van der Waals surface area contributed by atoms with Gasteiger partial charge in [0.25, 0.3) is 0 Å². The van der Waals surface area contributed by atoms with E-state index in [0.717, 1.165) is 30.4 Å². The Morgan fingerprint density at radius 1 is 1.32 bits per heavy atom. The number of likely N-dealkylation sites (N-methyl/N-ethyl adjacent to an activating group) is 1. The Labute approximate surface area is 164 Å². The lowest BCUT2D eigenvalue weighted by molar-refractivity contribution is -0.0395. The van der Waals surface area contributed by atoms with Gasteiger partial charge in [0, 0.05) is 38.8 Å². The van der Waals surface area contributed by atoms with E-state index < -0.39 is 15.6 Å². The molecule has 2 aliphatic heterocycles. The Morgan fingerprint density at radius 3 is 2.79 bits per heavy atom. The number of hydrogen-bond donors (Lipinski definition) is 1. The van der Waals surface area contributed by atoms with Crippen molar-refractivity contribution in [2.75, 3.05) is 50.9 Å². The van der Waals surface area contributed by atoms with Crippen molar-refractivity contribution in [3.63, 3.8) is 0 Å². The van der Waals surface area contributed by atoms with E-state index in [9.17, 15) is 13.5 Å². The Kier molecular flexibility index (Phi) is 4.81. The first-order chi connectivity index (χ1) is 13.1. The van der Waals surface area contributed by atoms with Crippen LogP contribution in [0.15, 0.2) is 12.1 Å². The zero-order valence-electron chi connectivity index (χ0n) is 16.5. The molecule has 0 spiro atoms. The predicted molar refractivity (Wildman–Crippen MR) is 105 cm³/mol. The van der Waals surface area contributed by atoms with Gasteiger partial charge in [0.1, 0.15) is 5.82 Å². The van der Waals surface area contributed by atoms with Crippen molar-refractivity contribution in [3.8, 4) is 0 Å². The Hall–Kier alpha value is -1.82. The Balaban J connectivity index is 1.36. The summed E-state index contributed by atoms with van der Waals surface area (Å²) < 4.78 is 26.8. The quantitative estimate of drug-likeness (QED) is 0.694. The van der Waals surface area contributed by atoms with E-state index in [1.165, 1.54) is 10.6 Å². The highest BCUT2D eigenvalue weighted by atomic mass is 32.2. The first-order valence-corrected chi connectivity index (χ1v) is 11.3. The molecule has 0 amide bonds. The molecule has 2 aliphatic rings. The second-order valence-corrected chi connectivity index (χ2v) is 10.1. The van der Waals surface area contributed by atoms with Crippen molar-refractivity contribution in [2.45, 2.75) is 31.4 Å². The number of fused-ring (bicyclic) bond motifs is 1. The second kappa shape index (κ2) is 6.90. The summed E-state index contributed by atoms with van der Waals surface area (Å²) in [5.74, 6) is 1.63. The van der Waals surface area contributed by atoms with Crippen molar-refractivity contribution >= 4 is 21.5 Å². The predicted octanol–water partition coefficient (Wildman–Crippen LogP) is -0.660. The molecule has 1 atom stereocenters. The third-order valence-corrected chi connectivity index (χ3v) is 7.00. The molecule has 2 fully saturated rings. The van der Waals surface area contributed by atoms with Crippen LogP contribution in [0.1, 0.15) is 18.7 Å². The molecule has 2 saturated heterocycles. The van der Waals surface area contributed by atoms with Crippen molar-refractivity contribution in [1.29, 1.82) is 0 Å². The number of rotatable bonds is 5. The average molecular weight is 410 g/mol. The highest BCUT2D eigenvalue weighted by molar-refractivity contribution is 7.88. The SMILES string of the molecule is Cc1nnc2ccc(N3CC(N(C)CC4(O)CCCN(S(C)(=O)=O)C4)C3)nn12. The highest BCUT2D eigenvalue weighted by Crippen LogP contribution is 2.27. The largest absolute Gasteiger partial charge is 0.387 e. The number of nitrogens with zero attached hydrogens (tertiary/aromatic N) is 7. The van der Waals surface area contributed by atoms with Gasteiger partial charge in [0.15, 0.2) is 11.5 Å². The summed E-state index contributed by atoms with van der Waals surface area (Å²) in [5.41, 5.74) is -0.279. The van der Waals surface area contributed by atoms with Gasteiger partial charge in [-0.2, -0.15) is 8.82 Å². The first-order valence-electron chi connectivity index (χ1n) is 9.46. The molecular weight excluding hydrogens is 382 g/mol. The highest BCUT2D eigenvalue weighted by Gasteiger charge is 2.40. The molecule has 0 radical (unpaired) electrons. The molecule has 0 bridgehead atoms. The molecule has 28 heavy (non-hydrogen) atoms. The number of anilines is 1. The first kappa shape index (κ1) is 19.5. The third-order valence-electron chi connectivity index (χ3n) is 5.75. The smallest absolute Gasteiger partial charge is 0.211 e. The number of sulfonamides is 1. The van der Waals surface area contributed by atoms with E-state index in [-0.39, 0.29) is 12.6 Å². The van der Waals surface area contributed by atoms with Crippen LogP contribution in [-0.2, 0) is 10.0 Å². The van der Waals surface area contributed by atoms with Crippen molar-refractivity contribution in [3.05, 3.63) is 18.0 Å². The van der Waals surface area contributed by atoms with Gasteiger partial charge in [-0.1, -0.05) is 0 Å². The van der Waals surface area contributed by atoms with Gasteiger partial charge in [-0.3, -0.25) is 4.90 Å². The molecule has 4 heterocycles. The van der Waals surface area contributed by atoms with Crippen LogP contribution >= 0.6 is 0 Å². The van der Waals surface area contributed by atoms with E-state index >= 15 is 0 Å². The fourth-order valence-corrected chi connectivity index (χ4v) is 4.99.